The lowest BCUT2D eigenvalue weighted by Gasteiger charge is -2.13. The number of benzene rings is 2. The van der Waals surface area contributed by atoms with E-state index < -0.39 is 11.9 Å². The number of carbonyl (C=O) groups is 3. The van der Waals surface area contributed by atoms with Gasteiger partial charge in [0, 0.05) is 5.69 Å². The average Bonchev–Trinajstić information content (AvgIpc) is 3.03. The van der Waals surface area contributed by atoms with Crippen LogP contribution in [0.2, 0.25) is 0 Å². The molecule has 1 saturated heterocycles. The van der Waals surface area contributed by atoms with E-state index in [0.29, 0.717) is 29.4 Å². The number of nitrogens with one attached hydrogen (secondary N) is 2. The van der Waals surface area contributed by atoms with Crippen molar-refractivity contribution >= 4 is 29.7 Å². The van der Waals surface area contributed by atoms with Crippen molar-refractivity contribution in [3.63, 3.8) is 0 Å². The van der Waals surface area contributed by atoms with Gasteiger partial charge in [-0.05, 0) is 42.8 Å². The van der Waals surface area contributed by atoms with Crippen LogP contribution in [-0.2, 0) is 9.59 Å². The molecule has 0 bridgehead atoms. The predicted molar refractivity (Wildman–Crippen MR) is 106 cm³/mol. The maximum atomic E-state index is 12.1. The van der Waals surface area contributed by atoms with Gasteiger partial charge in [0.25, 0.3) is 5.91 Å². The molecular weight excluding hydrogens is 376 g/mol. The van der Waals surface area contributed by atoms with Crippen molar-refractivity contribution in [3.8, 4) is 11.5 Å². The monoisotopic (exact) mass is 396 g/mol. The van der Waals surface area contributed by atoms with Crippen molar-refractivity contribution in [2.45, 2.75) is 6.92 Å². The predicted octanol–water partition coefficient (Wildman–Crippen LogP) is 1.99. The number of nitrogens with zero attached hydrogens (tertiary/aromatic N) is 2. The zero-order chi connectivity index (χ0) is 20.6. The summed E-state index contributed by atoms with van der Waals surface area (Å²) < 4.78 is 11.2. The summed E-state index contributed by atoms with van der Waals surface area (Å²) in [6, 6.07) is 13.5. The molecule has 1 fully saturated rings. The molecule has 0 aliphatic carbocycles. The first-order chi connectivity index (χ1) is 14.0. The number of anilines is 1. The Hall–Kier alpha value is -3.88. The molecule has 29 heavy (non-hydrogen) atoms. The number of amides is 4. The Morgan fingerprint density at radius 1 is 1.17 bits per heavy atom. The second kappa shape index (κ2) is 9.36. The molecule has 9 nitrogen and oxygen atoms in total. The highest BCUT2D eigenvalue weighted by Crippen LogP contribution is 2.28. The first kappa shape index (κ1) is 19.9. The number of hydrogen-bond donors (Lipinski definition) is 2. The van der Waals surface area contributed by atoms with Crippen molar-refractivity contribution in [3.05, 3.63) is 54.1 Å². The minimum absolute atomic E-state index is 0.120. The lowest BCUT2D eigenvalue weighted by molar-refractivity contribution is -0.119. The highest BCUT2D eigenvalue weighted by molar-refractivity contribution is 6.02. The number of hydrazone groups is 1. The molecule has 2 N–H and O–H groups in total. The number of rotatable bonds is 8. The van der Waals surface area contributed by atoms with Crippen molar-refractivity contribution in [2.75, 3.05) is 25.1 Å². The van der Waals surface area contributed by atoms with Gasteiger partial charge >= 0.3 is 6.03 Å². The lowest BCUT2D eigenvalue weighted by Crippen LogP contribution is -2.24. The number of ether oxygens (including phenoxy) is 2. The third-order valence-electron chi connectivity index (χ3n) is 3.80. The third-order valence-corrected chi connectivity index (χ3v) is 3.80. The van der Waals surface area contributed by atoms with Crippen LogP contribution in [0.5, 0.6) is 11.5 Å². The van der Waals surface area contributed by atoms with Crippen LogP contribution in [0.15, 0.2) is 53.6 Å². The van der Waals surface area contributed by atoms with Gasteiger partial charge in [0.1, 0.15) is 6.54 Å². The van der Waals surface area contributed by atoms with E-state index >= 15 is 0 Å². The molecule has 0 radical (unpaired) electrons. The number of imide groups is 1. The SMILES string of the molecule is CCOc1cc(/C=N\N2CC(=O)NC2=O)ccc1OCC(=O)Nc1ccccc1. The summed E-state index contributed by atoms with van der Waals surface area (Å²) >= 11 is 0. The molecule has 0 aromatic heterocycles. The maximum Gasteiger partial charge on any atom is 0.344 e. The van der Waals surface area contributed by atoms with Gasteiger partial charge in [-0.3, -0.25) is 14.9 Å². The molecule has 1 aliphatic rings. The van der Waals surface area contributed by atoms with E-state index in [0.717, 1.165) is 5.01 Å². The summed E-state index contributed by atoms with van der Waals surface area (Å²) in [5.74, 6) is 0.140. The second-order valence-corrected chi connectivity index (χ2v) is 6.00. The van der Waals surface area contributed by atoms with Gasteiger partial charge in [0.2, 0.25) is 5.91 Å². The number of carbonyl (C=O) groups excluding carboxylic acids is 3. The summed E-state index contributed by atoms with van der Waals surface area (Å²) in [5, 5.41) is 9.90. The second-order valence-electron chi connectivity index (χ2n) is 6.00. The molecule has 3 rings (SSSR count). The molecule has 0 atom stereocenters. The summed E-state index contributed by atoms with van der Waals surface area (Å²) in [4.78, 5) is 34.8. The molecular formula is C20H20N4O5. The summed E-state index contributed by atoms with van der Waals surface area (Å²) in [6.07, 6.45) is 1.44. The summed E-state index contributed by atoms with van der Waals surface area (Å²) in [7, 11) is 0. The van der Waals surface area contributed by atoms with Crippen molar-refractivity contribution in [1.82, 2.24) is 10.3 Å². The molecule has 4 amide bonds. The van der Waals surface area contributed by atoms with Crippen LogP contribution >= 0.6 is 0 Å². The van der Waals surface area contributed by atoms with Gasteiger partial charge in [0.15, 0.2) is 18.1 Å². The van der Waals surface area contributed by atoms with Crippen LogP contribution in [0.3, 0.4) is 0 Å². The Kier molecular flexibility index (Phi) is 6.41. The van der Waals surface area contributed by atoms with Crippen LogP contribution in [0.4, 0.5) is 10.5 Å². The Balaban J connectivity index is 1.63. The molecule has 0 unspecified atom stereocenters. The van der Waals surface area contributed by atoms with E-state index in [1.54, 1.807) is 30.3 Å². The fourth-order valence-corrected chi connectivity index (χ4v) is 2.52. The standard InChI is InChI=1S/C20H20N4O5/c1-2-28-17-10-14(11-21-24-12-18(25)23-20(24)27)8-9-16(17)29-13-19(26)22-15-6-4-3-5-7-15/h3-11H,2,12-13H2,1H3,(H,22,26)(H,23,25,27)/b21-11-. The molecule has 2 aromatic carbocycles. The number of hydrogen-bond acceptors (Lipinski definition) is 6. The minimum Gasteiger partial charge on any atom is -0.490 e. The van der Waals surface area contributed by atoms with Crippen molar-refractivity contribution in [1.29, 1.82) is 0 Å². The molecule has 1 heterocycles. The average molecular weight is 396 g/mol. The number of para-hydroxylation sites is 1. The Morgan fingerprint density at radius 3 is 2.66 bits per heavy atom. The lowest BCUT2D eigenvalue weighted by atomic mass is 10.2. The first-order valence-electron chi connectivity index (χ1n) is 8.95. The molecule has 2 aromatic rings. The van der Waals surface area contributed by atoms with E-state index in [2.05, 4.69) is 15.7 Å². The van der Waals surface area contributed by atoms with Gasteiger partial charge in [0.05, 0.1) is 12.8 Å². The maximum absolute atomic E-state index is 12.1. The van der Waals surface area contributed by atoms with Crippen LogP contribution < -0.4 is 20.1 Å². The Morgan fingerprint density at radius 2 is 1.97 bits per heavy atom. The first-order valence-corrected chi connectivity index (χ1v) is 8.95. The van der Waals surface area contributed by atoms with Crippen LogP contribution in [0.25, 0.3) is 0 Å². The Labute approximate surface area is 167 Å². The molecule has 0 saturated carbocycles. The molecule has 150 valence electrons. The van der Waals surface area contributed by atoms with Crippen molar-refractivity contribution in [2.24, 2.45) is 5.10 Å². The van der Waals surface area contributed by atoms with E-state index in [-0.39, 0.29) is 19.1 Å². The molecule has 1 aliphatic heterocycles. The topological polar surface area (TPSA) is 109 Å². The van der Waals surface area contributed by atoms with E-state index in [1.807, 2.05) is 25.1 Å². The quantitative estimate of drug-likeness (QED) is 0.524. The zero-order valence-electron chi connectivity index (χ0n) is 15.8. The zero-order valence-corrected chi connectivity index (χ0v) is 15.8. The van der Waals surface area contributed by atoms with Crippen LogP contribution in [0, 0.1) is 0 Å². The normalized spacial score (nSPS) is 13.5. The fraction of sp³-hybridized carbons (Fsp3) is 0.200. The highest BCUT2D eigenvalue weighted by atomic mass is 16.5. The van der Waals surface area contributed by atoms with E-state index in [9.17, 15) is 14.4 Å². The minimum atomic E-state index is -0.569. The molecule has 9 heteroatoms. The fourth-order valence-electron chi connectivity index (χ4n) is 2.52. The van der Waals surface area contributed by atoms with Gasteiger partial charge in [-0.2, -0.15) is 5.10 Å². The smallest absolute Gasteiger partial charge is 0.344 e. The largest absolute Gasteiger partial charge is 0.490 e. The van der Waals surface area contributed by atoms with Gasteiger partial charge in [-0.1, -0.05) is 18.2 Å². The van der Waals surface area contributed by atoms with Crippen molar-refractivity contribution < 1.29 is 23.9 Å². The van der Waals surface area contributed by atoms with Crippen LogP contribution in [0.1, 0.15) is 12.5 Å². The van der Waals surface area contributed by atoms with E-state index in [1.165, 1.54) is 6.21 Å². The van der Waals surface area contributed by atoms with Gasteiger partial charge < -0.3 is 14.8 Å². The van der Waals surface area contributed by atoms with E-state index in [4.69, 9.17) is 9.47 Å². The number of urea groups is 1. The third kappa shape index (κ3) is 5.55. The summed E-state index contributed by atoms with van der Waals surface area (Å²) in [5.41, 5.74) is 1.32. The van der Waals surface area contributed by atoms with Gasteiger partial charge in [-0.25, -0.2) is 9.80 Å². The molecule has 0 spiro atoms. The van der Waals surface area contributed by atoms with Gasteiger partial charge in [-0.15, -0.1) is 0 Å². The summed E-state index contributed by atoms with van der Waals surface area (Å²) in [6.45, 7) is 1.92. The van der Waals surface area contributed by atoms with Crippen LogP contribution in [-0.4, -0.2) is 48.8 Å². The Bertz CT molecular complexity index is 930. The highest BCUT2D eigenvalue weighted by Gasteiger charge is 2.25.